The first kappa shape index (κ1) is 23.3. The van der Waals surface area contributed by atoms with Crippen LogP contribution in [0.15, 0.2) is 53.7 Å². The largest absolute Gasteiger partial charge is 0.496 e. The normalized spacial score (nSPS) is 15.5. The van der Waals surface area contributed by atoms with Gasteiger partial charge in [-0.05, 0) is 44.7 Å². The van der Waals surface area contributed by atoms with E-state index in [4.69, 9.17) is 4.74 Å². The van der Waals surface area contributed by atoms with Crippen molar-refractivity contribution >= 4 is 17.7 Å². The number of thioether (sulfide) groups is 1. The lowest BCUT2D eigenvalue weighted by Crippen LogP contribution is -2.50. The molecule has 0 saturated carbocycles. The first-order chi connectivity index (χ1) is 16.0. The number of amides is 1. The molecule has 1 aliphatic rings. The zero-order valence-electron chi connectivity index (χ0n) is 19.7. The molecule has 3 aromatic rings. The third-order valence-corrected chi connectivity index (χ3v) is 7.06. The van der Waals surface area contributed by atoms with Crippen LogP contribution in [0.1, 0.15) is 19.4 Å². The molecule has 174 valence electrons. The Labute approximate surface area is 199 Å². The number of hydrogen-bond acceptors (Lipinski definition) is 6. The number of ether oxygens (including phenoxy) is 1. The van der Waals surface area contributed by atoms with Gasteiger partial charge >= 0.3 is 0 Å². The number of benzene rings is 2. The van der Waals surface area contributed by atoms with Crippen molar-refractivity contribution in [2.45, 2.75) is 31.2 Å². The summed E-state index contributed by atoms with van der Waals surface area (Å²) >= 11 is 1.45. The fourth-order valence-corrected chi connectivity index (χ4v) is 4.98. The summed E-state index contributed by atoms with van der Waals surface area (Å²) in [6, 6.07) is 16.0. The van der Waals surface area contributed by atoms with E-state index in [1.807, 2.05) is 40.7 Å². The Kier molecular flexibility index (Phi) is 7.35. The maximum Gasteiger partial charge on any atom is 0.235 e. The Morgan fingerprint density at radius 2 is 1.76 bits per heavy atom. The van der Waals surface area contributed by atoms with Gasteiger partial charge in [-0.2, -0.15) is 0 Å². The van der Waals surface area contributed by atoms with E-state index in [9.17, 15) is 4.79 Å². The van der Waals surface area contributed by atoms with E-state index in [1.165, 1.54) is 17.3 Å². The summed E-state index contributed by atoms with van der Waals surface area (Å²) in [5.41, 5.74) is 2.98. The number of methoxy groups -OCH3 is 1. The Morgan fingerprint density at radius 3 is 2.42 bits per heavy atom. The number of carbonyl (C=O) groups is 1. The van der Waals surface area contributed by atoms with Crippen molar-refractivity contribution < 1.29 is 9.53 Å². The highest BCUT2D eigenvalue weighted by atomic mass is 32.2. The van der Waals surface area contributed by atoms with Crippen LogP contribution in [-0.2, 0) is 4.79 Å². The molecule has 0 radical (unpaired) electrons. The first-order valence-electron chi connectivity index (χ1n) is 11.4. The Bertz CT molecular complexity index is 1090. The van der Waals surface area contributed by atoms with E-state index in [-0.39, 0.29) is 11.2 Å². The Balaban J connectivity index is 1.65. The van der Waals surface area contributed by atoms with E-state index >= 15 is 0 Å². The quantitative estimate of drug-likeness (QED) is 0.493. The highest BCUT2D eigenvalue weighted by molar-refractivity contribution is 8.00. The Morgan fingerprint density at radius 1 is 1.06 bits per heavy atom. The lowest BCUT2D eigenvalue weighted by Gasteiger charge is -2.35. The molecular formula is C25H31N5O2S. The predicted octanol–water partition coefficient (Wildman–Crippen LogP) is 3.90. The van der Waals surface area contributed by atoms with Crippen LogP contribution in [0.3, 0.4) is 0 Å². The van der Waals surface area contributed by atoms with Gasteiger partial charge in [-0.3, -0.25) is 9.36 Å². The van der Waals surface area contributed by atoms with Gasteiger partial charge in [0.2, 0.25) is 5.91 Å². The molecule has 33 heavy (non-hydrogen) atoms. The van der Waals surface area contributed by atoms with Crippen molar-refractivity contribution in [3.63, 3.8) is 0 Å². The number of carbonyl (C=O) groups excluding carboxylic acids is 1. The maximum absolute atomic E-state index is 13.2. The average Bonchev–Trinajstić information content (AvgIpc) is 3.27. The minimum Gasteiger partial charge on any atom is -0.496 e. The number of aryl methyl sites for hydroxylation is 1. The summed E-state index contributed by atoms with van der Waals surface area (Å²) in [6.07, 6.45) is 0. The van der Waals surface area contributed by atoms with Crippen molar-refractivity contribution in [2.75, 3.05) is 39.8 Å². The molecule has 1 aliphatic heterocycles. The molecule has 2 aromatic carbocycles. The van der Waals surface area contributed by atoms with Crippen molar-refractivity contribution in [3.8, 4) is 22.8 Å². The highest BCUT2D eigenvalue weighted by Crippen LogP contribution is 2.34. The topological polar surface area (TPSA) is 63.5 Å². The number of piperazine rings is 1. The van der Waals surface area contributed by atoms with Crippen molar-refractivity contribution in [2.24, 2.45) is 0 Å². The summed E-state index contributed by atoms with van der Waals surface area (Å²) in [5.74, 6) is 1.57. The summed E-state index contributed by atoms with van der Waals surface area (Å²) in [7, 11) is 1.65. The molecule has 0 aliphatic carbocycles. The number of hydrogen-bond donors (Lipinski definition) is 0. The van der Waals surface area contributed by atoms with Crippen LogP contribution in [0.25, 0.3) is 17.1 Å². The molecule has 1 aromatic heterocycles. The molecule has 1 saturated heterocycles. The highest BCUT2D eigenvalue weighted by Gasteiger charge is 2.28. The van der Waals surface area contributed by atoms with Crippen LogP contribution < -0.4 is 4.74 Å². The molecule has 0 N–H and O–H groups in total. The Hall–Kier alpha value is -2.84. The molecular weight excluding hydrogens is 434 g/mol. The molecule has 4 rings (SSSR count). The van der Waals surface area contributed by atoms with Gasteiger partial charge < -0.3 is 14.5 Å². The van der Waals surface area contributed by atoms with Crippen LogP contribution in [0, 0.1) is 6.92 Å². The minimum absolute atomic E-state index is 0.146. The SMILES string of the molecule is CCN1CCN(C(=O)C(C)Sc2nnc(-c3ccccc3OC)n2-c2ccc(C)cc2)CC1. The van der Waals surface area contributed by atoms with Crippen molar-refractivity contribution in [3.05, 3.63) is 54.1 Å². The molecule has 2 heterocycles. The van der Waals surface area contributed by atoms with Gasteiger partial charge in [0.25, 0.3) is 0 Å². The van der Waals surface area contributed by atoms with E-state index < -0.39 is 0 Å². The average molecular weight is 466 g/mol. The fraction of sp³-hybridized carbons (Fsp3) is 0.400. The molecule has 0 bridgehead atoms. The molecule has 1 unspecified atom stereocenters. The van der Waals surface area contributed by atoms with E-state index in [0.717, 1.165) is 49.7 Å². The van der Waals surface area contributed by atoms with Gasteiger partial charge in [0.1, 0.15) is 5.75 Å². The standard InChI is InChI=1S/C25H31N5O2S/c1-5-28-14-16-29(17-15-28)24(31)19(3)33-25-27-26-23(21-8-6-7-9-22(21)32-4)30(25)20-12-10-18(2)11-13-20/h6-13,19H,5,14-17H2,1-4H3. The van der Waals surface area contributed by atoms with Gasteiger partial charge in [-0.25, -0.2) is 0 Å². The molecule has 1 fully saturated rings. The number of aromatic nitrogens is 3. The smallest absolute Gasteiger partial charge is 0.235 e. The van der Waals surface area contributed by atoms with Gasteiger partial charge in [0.05, 0.1) is 17.9 Å². The summed E-state index contributed by atoms with van der Waals surface area (Å²) < 4.78 is 7.60. The zero-order chi connectivity index (χ0) is 23.4. The summed E-state index contributed by atoms with van der Waals surface area (Å²) in [5, 5.41) is 9.44. The van der Waals surface area contributed by atoms with Gasteiger partial charge in [0, 0.05) is 31.9 Å². The third-order valence-electron chi connectivity index (χ3n) is 6.03. The van der Waals surface area contributed by atoms with E-state index in [2.05, 4.69) is 53.2 Å². The lowest BCUT2D eigenvalue weighted by atomic mass is 10.1. The molecule has 7 nitrogen and oxygen atoms in total. The second-order valence-corrected chi connectivity index (χ2v) is 9.51. The van der Waals surface area contributed by atoms with E-state index in [1.54, 1.807) is 7.11 Å². The summed E-state index contributed by atoms with van der Waals surface area (Å²) in [4.78, 5) is 17.5. The number of rotatable bonds is 7. The van der Waals surface area contributed by atoms with Crippen LogP contribution in [0.5, 0.6) is 5.75 Å². The minimum atomic E-state index is -0.267. The molecule has 8 heteroatoms. The zero-order valence-corrected chi connectivity index (χ0v) is 20.5. The van der Waals surface area contributed by atoms with Gasteiger partial charge in [0.15, 0.2) is 11.0 Å². The van der Waals surface area contributed by atoms with Crippen molar-refractivity contribution in [1.29, 1.82) is 0 Å². The number of nitrogens with zero attached hydrogens (tertiary/aromatic N) is 5. The third kappa shape index (κ3) is 5.07. The monoisotopic (exact) mass is 465 g/mol. The van der Waals surface area contributed by atoms with Crippen LogP contribution in [-0.4, -0.2) is 75.6 Å². The van der Waals surface area contributed by atoms with E-state index in [0.29, 0.717) is 11.0 Å². The van der Waals surface area contributed by atoms with Crippen LogP contribution in [0.2, 0.25) is 0 Å². The van der Waals surface area contributed by atoms with Crippen LogP contribution >= 0.6 is 11.8 Å². The number of para-hydroxylation sites is 1. The number of likely N-dealkylation sites (N-methyl/N-ethyl adjacent to an activating group) is 1. The van der Waals surface area contributed by atoms with Crippen molar-refractivity contribution in [1.82, 2.24) is 24.6 Å². The van der Waals surface area contributed by atoms with Crippen LogP contribution in [0.4, 0.5) is 0 Å². The summed E-state index contributed by atoms with van der Waals surface area (Å²) in [6.45, 7) is 10.6. The second kappa shape index (κ2) is 10.4. The molecule has 1 atom stereocenters. The van der Waals surface area contributed by atoms with Gasteiger partial charge in [-0.15, -0.1) is 10.2 Å². The maximum atomic E-state index is 13.2. The molecule has 1 amide bonds. The lowest BCUT2D eigenvalue weighted by molar-refractivity contribution is -0.132. The predicted molar refractivity (Wildman–Crippen MR) is 132 cm³/mol. The second-order valence-electron chi connectivity index (χ2n) is 8.20. The molecule has 0 spiro atoms. The fourth-order valence-electron chi connectivity index (χ4n) is 4.03. The van der Waals surface area contributed by atoms with Gasteiger partial charge in [-0.1, -0.05) is 48.5 Å². The first-order valence-corrected chi connectivity index (χ1v) is 12.2.